The quantitative estimate of drug-likeness (QED) is 0.491. The summed E-state index contributed by atoms with van der Waals surface area (Å²) >= 11 is 0. The number of rotatable bonds is 6. The van der Waals surface area contributed by atoms with Crippen molar-refractivity contribution >= 4 is 16.6 Å². The Hall–Kier alpha value is -3.52. The van der Waals surface area contributed by atoms with Crippen LogP contribution in [-0.4, -0.2) is 45.5 Å². The Labute approximate surface area is 192 Å². The highest BCUT2D eigenvalue weighted by atomic mass is 16.5. The Kier molecular flexibility index (Phi) is 5.68. The largest absolute Gasteiger partial charge is 0.383 e. The Bertz CT molecular complexity index is 1360. The van der Waals surface area contributed by atoms with Crippen LogP contribution in [0, 0.1) is 13.8 Å². The fourth-order valence-corrected chi connectivity index (χ4v) is 4.72. The minimum atomic E-state index is -0.423. The van der Waals surface area contributed by atoms with Crippen molar-refractivity contribution in [1.82, 2.24) is 25.2 Å². The summed E-state index contributed by atoms with van der Waals surface area (Å²) in [6, 6.07) is 14.1. The second-order valence-electron chi connectivity index (χ2n) is 8.66. The number of hydrogen-bond acceptors (Lipinski definition) is 6. The van der Waals surface area contributed by atoms with Crippen LogP contribution < -0.4 is 10.5 Å². The van der Waals surface area contributed by atoms with Crippen molar-refractivity contribution in [2.24, 2.45) is 0 Å². The second kappa shape index (κ2) is 8.78. The third-order valence-corrected chi connectivity index (χ3v) is 6.55. The molecule has 0 fully saturated rings. The van der Waals surface area contributed by atoms with E-state index in [1.54, 1.807) is 11.8 Å². The number of aromatic amines is 1. The molecule has 0 saturated heterocycles. The molecule has 1 aliphatic heterocycles. The maximum Gasteiger partial charge on any atom is 0.254 e. The smallest absolute Gasteiger partial charge is 0.254 e. The monoisotopic (exact) mass is 444 g/mol. The highest BCUT2D eigenvalue weighted by Gasteiger charge is 2.33. The highest BCUT2D eigenvalue weighted by Crippen LogP contribution is 2.36. The first-order valence-corrected chi connectivity index (χ1v) is 11.3. The standard InChI is InChI=1S/C25H28N6O2/c1-16-13-19-15-20(25(32)26-21(19)14-17(16)2)23(24-27-28-29-31(24)11-12-33-3)30-10-6-8-18-7-4-5-9-22(18)30/h4-5,7,9,13-15,23H,6,8,10-12H2,1-3H3,(H,26,32)/t23-/m1/s1. The van der Waals surface area contributed by atoms with Crippen molar-refractivity contribution in [1.29, 1.82) is 0 Å². The normalized spacial score (nSPS) is 14.5. The number of ether oxygens (including phenoxy) is 1. The molecule has 0 spiro atoms. The molecule has 5 rings (SSSR count). The predicted octanol–water partition coefficient (Wildman–Crippen LogP) is 3.32. The van der Waals surface area contributed by atoms with Gasteiger partial charge in [0.1, 0.15) is 6.04 Å². The predicted molar refractivity (Wildman–Crippen MR) is 128 cm³/mol. The number of anilines is 1. The highest BCUT2D eigenvalue weighted by molar-refractivity contribution is 5.81. The molecule has 1 atom stereocenters. The average molecular weight is 445 g/mol. The zero-order chi connectivity index (χ0) is 22.9. The molecule has 33 heavy (non-hydrogen) atoms. The number of nitrogens with one attached hydrogen (secondary N) is 1. The number of H-pyrrole nitrogens is 1. The van der Waals surface area contributed by atoms with Gasteiger partial charge in [-0.2, -0.15) is 0 Å². The van der Waals surface area contributed by atoms with Crippen molar-refractivity contribution in [2.75, 3.05) is 25.2 Å². The van der Waals surface area contributed by atoms with Gasteiger partial charge in [0.15, 0.2) is 5.82 Å². The first kappa shape index (κ1) is 21.3. The summed E-state index contributed by atoms with van der Waals surface area (Å²) in [6.45, 7) is 5.94. The van der Waals surface area contributed by atoms with E-state index >= 15 is 0 Å². The number of aryl methyl sites for hydroxylation is 3. The molecule has 0 amide bonds. The number of nitrogens with zero attached hydrogens (tertiary/aromatic N) is 5. The molecule has 0 radical (unpaired) electrons. The number of fused-ring (bicyclic) bond motifs is 2. The summed E-state index contributed by atoms with van der Waals surface area (Å²) in [5.74, 6) is 0.637. The Morgan fingerprint density at radius 2 is 1.97 bits per heavy atom. The number of methoxy groups -OCH3 is 1. The summed E-state index contributed by atoms with van der Waals surface area (Å²) in [4.78, 5) is 18.8. The number of tetrazole rings is 1. The van der Waals surface area contributed by atoms with E-state index in [1.165, 1.54) is 11.1 Å². The third kappa shape index (κ3) is 3.91. The Balaban J connectivity index is 1.72. The van der Waals surface area contributed by atoms with Crippen molar-refractivity contribution in [3.05, 3.63) is 80.9 Å². The molecule has 170 valence electrons. The van der Waals surface area contributed by atoms with Crippen LogP contribution in [0.4, 0.5) is 5.69 Å². The molecule has 2 aromatic heterocycles. The van der Waals surface area contributed by atoms with Gasteiger partial charge in [0, 0.05) is 30.4 Å². The summed E-state index contributed by atoms with van der Waals surface area (Å²) in [6.07, 6.45) is 2.01. The lowest BCUT2D eigenvalue weighted by Gasteiger charge is -2.37. The van der Waals surface area contributed by atoms with Gasteiger partial charge in [-0.05, 0) is 83.5 Å². The SMILES string of the molecule is COCCn1nnnc1[C@@H](c1cc2cc(C)c(C)cc2[nH]c1=O)N1CCCc2ccccc21. The van der Waals surface area contributed by atoms with Crippen LogP contribution in [0.2, 0.25) is 0 Å². The first-order chi connectivity index (χ1) is 16.1. The molecule has 0 unspecified atom stereocenters. The van der Waals surface area contributed by atoms with Gasteiger partial charge < -0.3 is 14.6 Å². The fraction of sp³-hybridized carbons (Fsp3) is 0.360. The van der Waals surface area contributed by atoms with E-state index in [2.05, 4.69) is 63.5 Å². The van der Waals surface area contributed by atoms with E-state index in [4.69, 9.17) is 4.74 Å². The number of para-hydroxylation sites is 1. The van der Waals surface area contributed by atoms with Crippen molar-refractivity contribution in [3.8, 4) is 0 Å². The maximum absolute atomic E-state index is 13.5. The zero-order valence-electron chi connectivity index (χ0n) is 19.2. The van der Waals surface area contributed by atoms with E-state index in [9.17, 15) is 4.79 Å². The van der Waals surface area contributed by atoms with Crippen LogP contribution >= 0.6 is 0 Å². The van der Waals surface area contributed by atoms with E-state index in [0.29, 0.717) is 24.5 Å². The molecule has 0 aliphatic carbocycles. The van der Waals surface area contributed by atoms with Gasteiger partial charge in [0.2, 0.25) is 0 Å². The minimum absolute atomic E-state index is 0.125. The molecule has 0 saturated carbocycles. The summed E-state index contributed by atoms with van der Waals surface area (Å²) in [5, 5.41) is 13.6. The molecule has 1 N–H and O–H groups in total. The summed E-state index contributed by atoms with van der Waals surface area (Å²) in [7, 11) is 1.65. The fourth-order valence-electron chi connectivity index (χ4n) is 4.72. The first-order valence-electron chi connectivity index (χ1n) is 11.3. The van der Waals surface area contributed by atoms with Crippen molar-refractivity contribution in [3.63, 3.8) is 0 Å². The summed E-state index contributed by atoms with van der Waals surface area (Å²) in [5.41, 5.74) is 6.07. The van der Waals surface area contributed by atoms with Crippen LogP contribution in [0.15, 0.2) is 47.3 Å². The van der Waals surface area contributed by atoms with Crippen molar-refractivity contribution in [2.45, 2.75) is 39.3 Å². The average Bonchev–Trinajstić information content (AvgIpc) is 3.28. The summed E-state index contributed by atoms with van der Waals surface area (Å²) < 4.78 is 7.01. The van der Waals surface area contributed by atoms with Crippen LogP contribution in [0.5, 0.6) is 0 Å². The van der Waals surface area contributed by atoms with E-state index < -0.39 is 6.04 Å². The number of pyridine rings is 1. The topological polar surface area (TPSA) is 88.9 Å². The van der Waals surface area contributed by atoms with Crippen LogP contribution in [0.1, 0.15) is 40.5 Å². The number of benzene rings is 2. The molecule has 2 aromatic carbocycles. The second-order valence-corrected chi connectivity index (χ2v) is 8.66. The molecule has 1 aliphatic rings. The molecule has 3 heterocycles. The number of hydrogen-bond donors (Lipinski definition) is 1. The minimum Gasteiger partial charge on any atom is -0.383 e. The molecular formula is C25H28N6O2. The van der Waals surface area contributed by atoms with Crippen molar-refractivity contribution < 1.29 is 4.74 Å². The lowest BCUT2D eigenvalue weighted by molar-refractivity contribution is 0.181. The van der Waals surface area contributed by atoms with Gasteiger partial charge in [-0.1, -0.05) is 18.2 Å². The van der Waals surface area contributed by atoms with Crippen LogP contribution in [-0.2, 0) is 17.7 Å². The lowest BCUT2D eigenvalue weighted by atomic mass is 9.96. The van der Waals surface area contributed by atoms with Crippen LogP contribution in [0.25, 0.3) is 10.9 Å². The Morgan fingerprint density at radius 1 is 1.15 bits per heavy atom. The van der Waals surface area contributed by atoms with E-state index in [0.717, 1.165) is 41.5 Å². The number of aromatic nitrogens is 5. The van der Waals surface area contributed by atoms with Gasteiger partial charge in [0.25, 0.3) is 5.56 Å². The van der Waals surface area contributed by atoms with Gasteiger partial charge in [-0.3, -0.25) is 4.79 Å². The van der Waals surface area contributed by atoms with Gasteiger partial charge >= 0.3 is 0 Å². The zero-order valence-corrected chi connectivity index (χ0v) is 19.2. The Morgan fingerprint density at radius 3 is 2.82 bits per heavy atom. The van der Waals surface area contributed by atoms with Gasteiger partial charge in [-0.15, -0.1) is 5.10 Å². The molecule has 4 aromatic rings. The van der Waals surface area contributed by atoms with Gasteiger partial charge in [0.05, 0.1) is 13.2 Å². The third-order valence-electron chi connectivity index (χ3n) is 6.55. The molecule has 0 bridgehead atoms. The maximum atomic E-state index is 13.5. The lowest BCUT2D eigenvalue weighted by Crippen LogP contribution is -2.38. The molecular weight excluding hydrogens is 416 g/mol. The van der Waals surface area contributed by atoms with E-state index in [1.807, 2.05) is 18.2 Å². The molecule has 8 heteroatoms. The molecule has 8 nitrogen and oxygen atoms in total. The van der Waals surface area contributed by atoms with Crippen LogP contribution in [0.3, 0.4) is 0 Å². The van der Waals surface area contributed by atoms with E-state index in [-0.39, 0.29) is 5.56 Å². The van der Waals surface area contributed by atoms with Gasteiger partial charge in [-0.25, -0.2) is 4.68 Å².